The fourth-order valence-electron chi connectivity index (χ4n) is 9.86. The third-order valence-electron chi connectivity index (χ3n) is 15.8. The van der Waals surface area contributed by atoms with Crippen molar-refractivity contribution >= 4 is 39.5 Å². The van der Waals surface area contributed by atoms with E-state index < -0.39 is 97.5 Å². The summed E-state index contributed by atoms with van der Waals surface area (Å²) >= 11 is 0. The van der Waals surface area contributed by atoms with Gasteiger partial charge in [-0.05, 0) is 148 Å². The highest BCUT2D eigenvalue weighted by Gasteiger charge is 2.30. The summed E-state index contributed by atoms with van der Waals surface area (Å²) in [5.74, 6) is -2.32. The van der Waals surface area contributed by atoms with Crippen LogP contribution in [0.4, 0.5) is 0 Å². The van der Waals surface area contributed by atoms with E-state index in [4.69, 9.17) is 37.0 Å². The number of carbonyl (C=O) groups excluding carboxylic acids is 4. The Morgan fingerprint density at radius 3 is 0.882 bits per heavy atom. The first kappa shape index (κ1) is 96.9. The third kappa shape index (κ3) is 73.3. The number of phosphoric acid groups is 2. The number of carbonyl (C=O) groups is 4. The number of rotatable bonds is 72. The number of unbranched alkanes of at least 4 members (excludes halogenated alkanes) is 22. The first-order valence-corrected chi connectivity index (χ1v) is 42.1. The van der Waals surface area contributed by atoms with Crippen LogP contribution in [0.5, 0.6) is 0 Å². The molecule has 0 aliphatic rings. The summed E-state index contributed by atoms with van der Waals surface area (Å²) in [6.07, 6.45) is 84.2. The van der Waals surface area contributed by atoms with E-state index in [2.05, 4.69) is 155 Å². The standard InChI is InChI=1S/C83H138O17P2/c1-5-9-13-17-21-25-29-32-35-37-38-40-42-45-49-52-56-60-64-68-81(86)94-74-79(100-83(88)70-66-62-58-54-50-46-43-39-36-33-30-26-22-18-14-10-6-2)76-98-102(91,92)96-72-77(84)71-95-101(89,90)97-75-78(99-82(87)69-65-61-57-53-47-28-24-20-16-12-8-4)73-93-80(85)67-63-59-55-51-48-44-41-34-31-27-23-19-15-11-7-3/h9-10,13-14,20-22,24-26,32-36,38,40-41,43,45-46,49,56,60,77-79,84H,5-8,11-12,15-19,23,27-31,37,39,42,44,47-48,50-55,57-59,61-76H2,1-4H3,(H,89,90)(H,91,92)/b13-9-,14-10-,24-20-,25-21-,26-22-,35-32-,36-33-,40-38-,41-34-,46-43-,49-45-,60-56-. The molecule has 17 nitrogen and oxygen atoms in total. The van der Waals surface area contributed by atoms with Crippen LogP contribution in [0.1, 0.15) is 297 Å². The molecule has 0 aromatic heterocycles. The van der Waals surface area contributed by atoms with Crippen molar-refractivity contribution in [1.82, 2.24) is 0 Å². The lowest BCUT2D eigenvalue weighted by Gasteiger charge is -2.21. The molecular weight excluding hydrogens is 1330 g/mol. The Bertz CT molecular complexity index is 2510. The minimum absolute atomic E-state index is 0.0258. The van der Waals surface area contributed by atoms with E-state index in [0.29, 0.717) is 32.1 Å². The van der Waals surface area contributed by atoms with Crippen molar-refractivity contribution in [2.24, 2.45) is 0 Å². The second-order valence-corrected chi connectivity index (χ2v) is 28.4. The molecule has 5 unspecified atom stereocenters. The zero-order valence-corrected chi connectivity index (χ0v) is 65.3. The molecule has 0 amide bonds. The molecule has 0 spiro atoms. The molecule has 0 aromatic carbocycles. The number of aliphatic hydroxyl groups is 1. The minimum Gasteiger partial charge on any atom is -0.462 e. The summed E-state index contributed by atoms with van der Waals surface area (Å²) in [5.41, 5.74) is 0. The average molecular weight is 1470 g/mol. The second kappa shape index (κ2) is 74.2. The van der Waals surface area contributed by atoms with Gasteiger partial charge in [-0.15, -0.1) is 0 Å². The van der Waals surface area contributed by atoms with E-state index in [-0.39, 0.29) is 25.7 Å². The van der Waals surface area contributed by atoms with E-state index in [0.717, 1.165) is 161 Å². The van der Waals surface area contributed by atoms with Crippen LogP contribution in [0.15, 0.2) is 146 Å². The van der Waals surface area contributed by atoms with Crippen molar-refractivity contribution in [3.63, 3.8) is 0 Å². The number of ether oxygens (including phenoxy) is 4. The van der Waals surface area contributed by atoms with Crippen LogP contribution in [-0.2, 0) is 65.4 Å². The Morgan fingerprint density at radius 1 is 0.284 bits per heavy atom. The Balaban J connectivity index is 5.44. The van der Waals surface area contributed by atoms with Crippen LogP contribution in [0, 0.1) is 0 Å². The fraction of sp³-hybridized carbons (Fsp3) is 0.663. The summed E-state index contributed by atoms with van der Waals surface area (Å²) in [5, 5.41) is 10.6. The first-order chi connectivity index (χ1) is 49.7. The summed E-state index contributed by atoms with van der Waals surface area (Å²) in [6, 6.07) is 0. The zero-order valence-electron chi connectivity index (χ0n) is 63.5. The third-order valence-corrected chi connectivity index (χ3v) is 17.7. The molecule has 102 heavy (non-hydrogen) atoms. The van der Waals surface area contributed by atoms with Crippen molar-refractivity contribution in [1.29, 1.82) is 0 Å². The van der Waals surface area contributed by atoms with Crippen LogP contribution in [-0.4, -0.2) is 96.7 Å². The fourth-order valence-corrected chi connectivity index (χ4v) is 11.4. The van der Waals surface area contributed by atoms with E-state index in [1.54, 1.807) is 0 Å². The van der Waals surface area contributed by atoms with Gasteiger partial charge in [-0.25, -0.2) is 9.13 Å². The van der Waals surface area contributed by atoms with Crippen LogP contribution in [0.2, 0.25) is 0 Å². The lowest BCUT2D eigenvalue weighted by Crippen LogP contribution is -2.30. The first-order valence-electron chi connectivity index (χ1n) is 39.1. The topological polar surface area (TPSA) is 237 Å². The molecule has 19 heteroatoms. The smallest absolute Gasteiger partial charge is 0.462 e. The van der Waals surface area contributed by atoms with Gasteiger partial charge < -0.3 is 33.8 Å². The Labute approximate surface area is 617 Å². The van der Waals surface area contributed by atoms with Gasteiger partial charge in [-0.2, -0.15) is 0 Å². The van der Waals surface area contributed by atoms with Crippen molar-refractivity contribution in [3.8, 4) is 0 Å². The van der Waals surface area contributed by atoms with Gasteiger partial charge in [0, 0.05) is 25.7 Å². The predicted molar refractivity (Wildman–Crippen MR) is 417 cm³/mol. The molecule has 0 saturated heterocycles. The number of hydrogen-bond donors (Lipinski definition) is 3. The lowest BCUT2D eigenvalue weighted by molar-refractivity contribution is -0.161. The highest BCUT2D eigenvalue weighted by molar-refractivity contribution is 7.47. The summed E-state index contributed by atoms with van der Waals surface area (Å²) in [4.78, 5) is 72.9. The largest absolute Gasteiger partial charge is 0.472 e. The van der Waals surface area contributed by atoms with Crippen molar-refractivity contribution < 1.29 is 80.2 Å². The minimum atomic E-state index is -5.00. The lowest BCUT2D eigenvalue weighted by atomic mass is 10.1. The van der Waals surface area contributed by atoms with Gasteiger partial charge in [0.2, 0.25) is 0 Å². The van der Waals surface area contributed by atoms with Gasteiger partial charge in [-0.1, -0.05) is 270 Å². The Kier molecular flexibility index (Phi) is 70.5. The van der Waals surface area contributed by atoms with Crippen molar-refractivity contribution in [2.45, 2.75) is 316 Å². The number of allylic oxidation sites excluding steroid dienone is 24. The molecule has 3 N–H and O–H groups in total. The maximum absolute atomic E-state index is 13.1. The normalized spacial score (nSPS) is 14.7. The maximum Gasteiger partial charge on any atom is 0.472 e. The van der Waals surface area contributed by atoms with Crippen LogP contribution in [0.25, 0.3) is 0 Å². The van der Waals surface area contributed by atoms with E-state index in [1.165, 1.54) is 51.4 Å². The van der Waals surface area contributed by atoms with Crippen LogP contribution >= 0.6 is 15.6 Å². The number of hydrogen-bond acceptors (Lipinski definition) is 15. The van der Waals surface area contributed by atoms with Crippen molar-refractivity contribution in [3.05, 3.63) is 146 Å². The molecule has 0 rings (SSSR count). The molecule has 0 aliphatic carbocycles. The molecule has 0 bridgehead atoms. The quantitative estimate of drug-likeness (QED) is 0.0169. The highest BCUT2D eigenvalue weighted by Crippen LogP contribution is 2.45. The Morgan fingerprint density at radius 2 is 0.539 bits per heavy atom. The zero-order chi connectivity index (χ0) is 74.6. The second-order valence-electron chi connectivity index (χ2n) is 25.5. The van der Waals surface area contributed by atoms with Gasteiger partial charge >= 0.3 is 39.5 Å². The molecule has 5 atom stereocenters. The average Bonchev–Trinajstić information content (AvgIpc) is 0.921. The van der Waals surface area contributed by atoms with Gasteiger partial charge in [0.1, 0.15) is 19.3 Å². The molecule has 0 radical (unpaired) electrons. The molecular formula is C83H138O17P2. The molecule has 0 aromatic rings. The molecule has 582 valence electrons. The molecule has 0 fully saturated rings. The number of phosphoric ester groups is 2. The number of aliphatic hydroxyl groups excluding tert-OH is 1. The molecule has 0 saturated carbocycles. The predicted octanol–water partition coefficient (Wildman–Crippen LogP) is 22.7. The summed E-state index contributed by atoms with van der Waals surface area (Å²) < 4.78 is 68.4. The molecule has 0 heterocycles. The van der Waals surface area contributed by atoms with Crippen LogP contribution in [0.3, 0.4) is 0 Å². The SMILES string of the molecule is CC/C=C\C/C=C\C/C=C\C/C=C\C/C=C\C/C=C\CCC(=O)OCC(COP(=O)(O)OCC(O)COP(=O)(O)OCC(COC(=O)CCCCCCC/C=C\CCCCCCCC)OC(=O)CCCCCCC/C=C\CCCC)OC(=O)CCCCCC/C=C\C/C=C\C/C=C\C/C=C\CC. The van der Waals surface area contributed by atoms with E-state index in [9.17, 15) is 43.2 Å². The van der Waals surface area contributed by atoms with Crippen LogP contribution < -0.4 is 0 Å². The van der Waals surface area contributed by atoms with Gasteiger partial charge in [0.05, 0.1) is 26.4 Å². The van der Waals surface area contributed by atoms with Gasteiger partial charge in [0.15, 0.2) is 12.2 Å². The number of esters is 4. The highest BCUT2D eigenvalue weighted by atomic mass is 31.2. The van der Waals surface area contributed by atoms with Crippen molar-refractivity contribution in [2.75, 3.05) is 39.6 Å². The summed E-state index contributed by atoms with van der Waals surface area (Å²) in [6.45, 7) is 4.46. The van der Waals surface area contributed by atoms with Gasteiger partial charge in [-0.3, -0.25) is 37.3 Å². The molecule has 0 aliphatic heterocycles. The van der Waals surface area contributed by atoms with E-state index in [1.807, 2.05) is 18.2 Å². The Hall–Kier alpha value is -5.06. The maximum atomic E-state index is 13.1. The monoisotopic (exact) mass is 1470 g/mol. The van der Waals surface area contributed by atoms with E-state index >= 15 is 0 Å². The summed E-state index contributed by atoms with van der Waals surface area (Å²) in [7, 11) is -9.99. The van der Waals surface area contributed by atoms with Gasteiger partial charge in [0.25, 0.3) is 0 Å².